The smallest absolute Gasteiger partial charge is 0.274 e. The van der Waals surface area contributed by atoms with Gasteiger partial charge in [0.15, 0.2) is 0 Å². The van der Waals surface area contributed by atoms with E-state index in [0.717, 1.165) is 43.2 Å². The van der Waals surface area contributed by atoms with Crippen LogP contribution >= 0.6 is 0 Å². The number of rotatable bonds is 5. The first-order valence-corrected chi connectivity index (χ1v) is 11.6. The number of nitrogens with zero attached hydrogens (tertiary/aromatic N) is 2. The molecule has 1 saturated heterocycles. The zero-order valence-corrected chi connectivity index (χ0v) is 19.3. The third-order valence-corrected chi connectivity index (χ3v) is 6.78. The number of anilines is 1. The Morgan fingerprint density at radius 2 is 1.83 bits per heavy atom. The monoisotopic (exact) mass is 499 g/mol. The Morgan fingerprint density at radius 1 is 1.11 bits per heavy atom. The molecule has 36 heavy (non-hydrogen) atoms. The molecule has 4 atom stereocenters. The molecular weight excluding hydrogens is 475 g/mol. The van der Waals surface area contributed by atoms with Crippen LogP contribution in [0.15, 0.2) is 48.8 Å². The third-order valence-electron chi connectivity index (χ3n) is 6.78. The van der Waals surface area contributed by atoms with Gasteiger partial charge in [-0.2, -0.15) is 0 Å². The predicted octanol–water partition coefficient (Wildman–Crippen LogP) is 4.17. The molecule has 0 bridgehead atoms. The van der Waals surface area contributed by atoms with Gasteiger partial charge in [-0.3, -0.25) is 9.78 Å². The van der Waals surface area contributed by atoms with Crippen molar-refractivity contribution in [3.8, 4) is 11.3 Å². The average molecular weight is 499 g/mol. The zero-order chi connectivity index (χ0) is 25.6. The topological polar surface area (TPSA) is 105 Å². The maximum atomic E-state index is 14.4. The Balaban J connectivity index is 1.43. The van der Waals surface area contributed by atoms with Crippen LogP contribution in [0.3, 0.4) is 0 Å². The van der Waals surface area contributed by atoms with Gasteiger partial charge in [0.2, 0.25) is 0 Å². The first kappa shape index (κ1) is 24.4. The average Bonchev–Trinajstić information content (AvgIpc) is 3.67. The molecule has 7 nitrogen and oxygen atoms in total. The number of carbonyl (C=O) groups is 1. The van der Waals surface area contributed by atoms with Gasteiger partial charge >= 0.3 is 0 Å². The van der Waals surface area contributed by atoms with Crippen molar-refractivity contribution < 1.29 is 32.9 Å². The molecule has 2 aliphatic rings. The maximum absolute atomic E-state index is 14.4. The van der Waals surface area contributed by atoms with Crippen molar-refractivity contribution in [1.82, 2.24) is 9.97 Å². The highest BCUT2D eigenvalue weighted by molar-refractivity contribution is 6.03. The van der Waals surface area contributed by atoms with Gasteiger partial charge in [0.1, 0.15) is 34.4 Å². The molecule has 5 rings (SSSR count). The maximum Gasteiger partial charge on any atom is 0.274 e. The van der Waals surface area contributed by atoms with Gasteiger partial charge in [-0.05, 0) is 56.0 Å². The highest BCUT2D eigenvalue weighted by atomic mass is 19.1. The van der Waals surface area contributed by atoms with Crippen molar-refractivity contribution >= 4 is 11.6 Å². The van der Waals surface area contributed by atoms with Crippen LogP contribution in [0, 0.1) is 23.4 Å². The molecule has 1 aromatic carbocycles. The minimum Gasteiger partial charge on any atom is -0.390 e. The SMILES string of the molecule is C[C@@]1(O)[C@@H](O)C[C@@H](c2ccncc2NC(=O)c2ccc(F)c(-c3c(F)cccc3F)n2)O[C@H]1C1CC1. The molecule has 3 aromatic rings. The van der Waals surface area contributed by atoms with Crippen molar-refractivity contribution in [1.29, 1.82) is 0 Å². The van der Waals surface area contributed by atoms with Gasteiger partial charge in [0, 0.05) is 18.2 Å². The number of aliphatic hydroxyl groups is 2. The van der Waals surface area contributed by atoms with Gasteiger partial charge in [-0.15, -0.1) is 0 Å². The summed E-state index contributed by atoms with van der Waals surface area (Å²) in [5.41, 5.74) is -2.17. The fourth-order valence-electron chi connectivity index (χ4n) is 4.63. The van der Waals surface area contributed by atoms with Crippen LogP contribution in [0.5, 0.6) is 0 Å². The minimum absolute atomic E-state index is 0.0919. The summed E-state index contributed by atoms with van der Waals surface area (Å²) in [6, 6.07) is 6.73. The Morgan fingerprint density at radius 3 is 2.53 bits per heavy atom. The highest BCUT2D eigenvalue weighted by Gasteiger charge is 2.52. The second-order valence-corrected chi connectivity index (χ2v) is 9.40. The predicted molar refractivity (Wildman–Crippen MR) is 123 cm³/mol. The molecule has 2 aromatic heterocycles. The Kier molecular flexibility index (Phi) is 6.27. The standard InChI is InChI=1S/C26H24F3N3O4/c1-26(35)21(33)11-20(36-24(26)13-5-6-13)14-9-10-30-12-19(14)32-25(34)18-8-7-17(29)23(31-18)22-15(27)3-2-4-16(22)28/h2-4,7-10,12-13,20-21,24,33,35H,5-6,11H2,1H3,(H,32,34)/t20-,21-,24-,26+/m0/s1. The van der Waals surface area contributed by atoms with Crippen molar-refractivity contribution in [3.63, 3.8) is 0 Å². The lowest BCUT2D eigenvalue weighted by molar-refractivity contribution is -0.227. The number of carbonyl (C=O) groups excluding carboxylic acids is 1. The number of benzene rings is 1. The molecular formula is C26H24F3N3O4. The molecule has 10 heteroatoms. The molecule has 2 fully saturated rings. The van der Waals surface area contributed by atoms with Crippen LogP contribution in [0.1, 0.15) is 48.3 Å². The molecule has 0 spiro atoms. The summed E-state index contributed by atoms with van der Waals surface area (Å²) >= 11 is 0. The van der Waals surface area contributed by atoms with Crippen LogP contribution in [-0.2, 0) is 4.74 Å². The van der Waals surface area contributed by atoms with Crippen molar-refractivity contribution in [2.45, 2.75) is 50.1 Å². The summed E-state index contributed by atoms with van der Waals surface area (Å²) in [5, 5.41) is 24.1. The normalized spacial score (nSPS) is 26.0. The van der Waals surface area contributed by atoms with E-state index >= 15 is 0 Å². The van der Waals surface area contributed by atoms with Gasteiger partial charge in [0.25, 0.3) is 5.91 Å². The van der Waals surface area contributed by atoms with Crippen molar-refractivity contribution in [2.24, 2.45) is 5.92 Å². The van der Waals surface area contributed by atoms with Crippen LogP contribution in [0.4, 0.5) is 18.9 Å². The Hall–Kier alpha value is -3.34. The lowest BCUT2D eigenvalue weighted by Crippen LogP contribution is -2.56. The van der Waals surface area contributed by atoms with E-state index in [1.807, 2.05) is 0 Å². The summed E-state index contributed by atoms with van der Waals surface area (Å²) in [6.45, 7) is 1.56. The van der Waals surface area contributed by atoms with E-state index in [1.165, 1.54) is 12.4 Å². The third kappa shape index (κ3) is 4.47. The number of hydrogen-bond acceptors (Lipinski definition) is 6. The van der Waals surface area contributed by atoms with Crippen molar-refractivity contribution in [2.75, 3.05) is 5.32 Å². The zero-order valence-electron chi connectivity index (χ0n) is 19.3. The fourth-order valence-corrected chi connectivity index (χ4v) is 4.63. The lowest BCUT2D eigenvalue weighted by atomic mass is 9.82. The van der Waals surface area contributed by atoms with Crippen LogP contribution in [0.2, 0.25) is 0 Å². The van der Waals surface area contributed by atoms with E-state index < -0.39 is 58.5 Å². The highest BCUT2D eigenvalue weighted by Crippen LogP contribution is 2.48. The number of hydrogen-bond donors (Lipinski definition) is 3. The van der Waals surface area contributed by atoms with Crippen molar-refractivity contribution in [3.05, 3.63) is 77.5 Å². The Labute approximate surface area is 205 Å². The number of pyridine rings is 2. The van der Waals surface area contributed by atoms with Gasteiger partial charge in [-0.25, -0.2) is 18.2 Å². The van der Waals surface area contributed by atoms with E-state index in [9.17, 15) is 28.2 Å². The fraction of sp³-hybridized carbons (Fsp3) is 0.346. The largest absolute Gasteiger partial charge is 0.390 e. The number of amides is 1. The number of aliphatic hydroxyl groups excluding tert-OH is 1. The summed E-state index contributed by atoms with van der Waals surface area (Å²) in [4.78, 5) is 20.9. The van der Waals surface area contributed by atoms with E-state index in [0.29, 0.717) is 5.56 Å². The second kappa shape index (κ2) is 9.27. The minimum atomic E-state index is -1.40. The van der Waals surface area contributed by atoms with Gasteiger partial charge < -0.3 is 20.3 Å². The number of halogens is 3. The molecule has 1 aliphatic heterocycles. The molecule has 1 saturated carbocycles. The number of aromatic nitrogens is 2. The molecule has 0 unspecified atom stereocenters. The number of ether oxygens (including phenoxy) is 1. The van der Waals surface area contributed by atoms with Gasteiger partial charge in [-0.1, -0.05) is 6.07 Å². The van der Waals surface area contributed by atoms with E-state index in [1.54, 1.807) is 13.0 Å². The molecule has 0 radical (unpaired) electrons. The van der Waals surface area contributed by atoms with E-state index in [-0.39, 0.29) is 23.7 Å². The van der Waals surface area contributed by atoms with Crippen LogP contribution in [0.25, 0.3) is 11.3 Å². The quantitative estimate of drug-likeness (QED) is 0.487. The Bertz CT molecular complexity index is 1300. The first-order chi connectivity index (χ1) is 17.2. The summed E-state index contributed by atoms with van der Waals surface area (Å²) in [5.74, 6) is -3.63. The van der Waals surface area contributed by atoms with E-state index in [2.05, 4.69) is 15.3 Å². The summed E-state index contributed by atoms with van der Waals surface area (Å²) in [6.07, 6.45) is 2.53. The first-order valence-electron chi connectivity index (χ1n) is 11.6. The summed E-state index contributed by atoms with van der Waals surface area (Å²) < 4.78 is 49.1. The molecule has 1 aliphatic carbocycles. The van der Waals surface area contributed by atoms with Crippen LogP contribution < -0.4 is 5.32 Å². The molecule has 3 N–H and O–H groups in total. The van der Waals surface area contributed by atoms with E-state index in [4.69, 9.17) is 4.74 Å². The number of nitrogens with one attached hydrogen (secondary N) is 1. The summed E-state index contributed by atoms with van der Waals surface area (Å²) in [7, 11) is 0. The second-order valence-electron chi connectivity index (χ2n) is 9.40. The van der Waals surface area contributed by atoms with Crippen LogP contribution in [-0.4, -0.2) is 43.9 Å². The molecule has 1 amide bonds. The lowest BCUT2D eigenvalue weighted by Gasteiger charge is -2.45. The van der Waals surface area contributed by atoms with Gasteiger partial charge in [0.05, 0.1) is 35.8 Å². The molecule has 188 valence electrons. The molecule has 3 heterocycles.